The Balaban J connectivity index is 1.64. The molecule has 0 bridgehead atoms. The van der Waals surface area contributed by atoms with Crippen molar-refractivity contribution < 1.29 is 17.9 Å². The molecule has 2 atom stereocenters. The van der Waals surface area contributed by atoms with Crippen LogP contribution in [0.5, 0.6) is 0 Å². The van der Waals surface area contributed by atoms with Gasteiger partial charge in [0.2, 0.25) is 10.0 Å². The Hall–Kier alpha value is -2.59. The van der Waals surface area contributed by atoms with Gasteiger partial charge in [-0.3, -0.25) is 4.79 Å². The number of sulfonamides is 1. The van der Waals surface area contributed by atoms with Gasteiger partial charge < -0.3 is 9.30 Å². The van der Waals surface area contributed by atoms with E-state index in [1.165, 1.54) is 45.5 Å². The number of carbonyl (C=O) groups is 1. The second-order valence-electron chi connectivity index (χ2n) is 8.46. The largest absolute Gasteiger partial charge is 0.373 e. The molecule has 0 radical (unpaired) electrons. The van der Waals surface area contributed by atoms with Crippen molar-refractivity contribution in [2.75, 3.05) is 13.1 Å². The van der Waals surface area contributed by atoms with Gasteiger partial charge in [-0.25, -0.2) is 8.42 Å². The van der Waals surface area contributed by atoms with E-state index in [0.29, 0.717) is 30.0 Å². The highest BCUT2D eigenvalue weighted by atomic mass is 32.2. The number of aryl methyl sites for hydroxylation is 1. The van der Waals surface area contributed by atoms with Crippen LogP contribution < -0.4 is 4.80 Å². The van der Waals surface area contributed by atoms with Gasteiger partial charge in [-0.2, -0.15) is 9.30 Å². The monoisotopic (exact) mass is 499 g/mol. The quantitative estimate of drug-likeness (QED) is 0.480. The summed E-state index contributed by atoms with van der Waals surface area (Å²) in [6.45, 7) is 10.8. The highest BCUT2D eigenvalue weighted by Crippen LogP contribution is 2.22. The van der Waals surface area contributed by atoms with E-state index in [2.05, 4.69) is 30.6 Å². The van der Waals surface area contributed by atoms with E-state index in [9.17, 15) is 13.2 Å². The van der Waals surface area contributed by atoms with Crippen molar-refractivity contribution >= 4 is 37.5 Å². The summed E-state index contributed by atoms with van der Waals surface area (Å²) in [6, 6.07) is 12.2. The van der Waals surface area contributed by atoms with Crippen LogP contribution in [0.4, 0.5) is 0 Å². The number of hydrogen-bond acceptors (Lipinski definition) is 5. The number of thiazole rings is 1. The minimum atomic E-state index is -3.67. The lowest BCUT2D eigenvalue weighted by Gasteiger charge is -2.34. The number of morpholine rings is 1. The number of amides is 1. The molecule has 1 fully saturated rings. The lowest BCUT2D eigenvalue weighted by molar-refractivity contribution is -0.0440. The summed E-state index contributed by atoms with van der Waals surface area (Å²) >= 11 is 1.46. The van der Waals surface area contributed by atoms with Crippen LogP contribution in [0.25, 0.3) is 10.2 Å². The molecule has 2 unspecified atom stereocenters. The lowest BCUT2D eigenvalue weighted by atomic mass is 10.2. The Morgan fingerprint density at radius 3 is 2.47 bits per heavy atom. The summed E-state index contributed by atoms with van der Waals surface area (Å²) in [5.74, 6) is -0.419. The summed E-state index contributed by atoms with van der Waals surface area (Å²) < 4.78 is 36.2. The average Bonchev–Trinajstić information content (AvgIpc) is 3.14. The van der Waals surface area contributed by atoms with Crippen molar-refractivity contribution in [3.05, 3.63) is 71.0 Å². The van der Waals surface area contributed by atoms with E-state index in [1.807, 2.05) is 24.5 Å². The Morgan fingerprint density at radius 1 is 1.18 bits per heavy atom. The van der Waals surface area contributed by atoms with E-state index in [0.717, 1.165) is 16.6 Å². The first kappa shape index (κ1) is 24.5. The van der Waals surface area contributed by atoms with Crippen LogP contribution >= 0.6 is 11.3 Å². The molecular weight excluding hydrogens is 470 g/mol. The number of carbonyl (C=O) groups excluding carboxylic acids is 1. The molecule has 4 rings (SSSR count). The molecule has 180 valence electrons. The van der Waals surface area contributed by atoms with Gasteiger partial charge in [-0.1, -0.05) is 30.4 Å². The number of benzene rings is 2. The minimum absolute atomic E-state index is 0.154. The van der Waals surface area contributed by atoms with Gasteiger partial charge in [0.05, 0.1) is 27.3 Å². The van der Waals surface area contributed by atoms with Crippen molar-refractivity contribution in [2.45, 2.75) is 50.8 Å². The Kier molecular flexibility index (Phi) is 7.18. The standard InChI is InChI=1S/C25H29N3O4S2/c1-5-13-28-22-12-7-19(6-2)14-23(22)33-25(28)26-24(29)20-8-10-21(11-9-20)34(30,31)27-15-17(3)32-18(4)16-27/h5,7-12,14,17-18H,1,6,13,15-16H2,2-4H3. The maximum Gasteiger partial charge on any atom is 0.279 e. The fraction of sp³-hybridized carbons (Fsp3) is 0.360. The van der Waals surface area contributed by atoms with Gasteiger partial charge in [-0.15, -0.1) is 6.58 Å². The van der Waals surface area contributed by atoms with Crippen LogP contribution in [0, 0.1) is 0 Å². The normalized spacial score (nSPS) is 20.0. The second-order valence-corrected chi connectivity index (χ2v) is 11.4. The fourth-order valence-electron chi connectivity index (χ4n) is 4.13. The highest BCUT2D eigenvalue weighted by molar-refractivity contribution is 7.89. The number of aromatic nitrogens is 1. The van der Waals surface area contributed by atoms with Crippen molar-refractivity contribution in [1.29, 1.82) is 0 Å². The Morgan fingerprint density at radius 2 is 1.85 bits per heavy atom. The maximum atomic E-state index is 13.1. The maximum absolute atomic E-state index is 13.1. The predicted octanol–water partition coefficient (Wildman–Crippen LogP) is 3.99. The van der Waals surface area contributed by atoms with Gasteiger partial charge in [-0.05, 0) is 62.2 Å². The summed E-state index contributed by atoms with van der Waals surface area (Å²) in [5, 5.41) is 0. The molecule has 0 aliphatic carbocycles. The van der Waals surface area contributed by atoms with E-state index in [4.69, 9.17) is 4.74 Å². The Labute approximate surface area is 204 Å². The number of allylic oxidation sites excluding steroid dienone is 1. The first-order valence-electron chi connectivity index (χ1n) is 11.3. The molecule has 9 heteroatoms. The van der Waals surface area contributed by atoms with Gasteiger partial charge in [0.15, 0.2) is 4.80 Å². The van der Waals surface area contributed by atoms with Crippen LogP contribution in [0.2, 0.25) is 0 Å². The molecule has 1 aliphatic rings. The molecule has 3 aromatic rings. The van der Waals surface area contributed by atoms with Gasteiger partial charge >= 0.3 is 0 Å². The van der Waals surface area contributed by atoms with Crippen LogP contribution in [0.3, 0.4) is 0 Å². The van der Waals surface area contributed by atoms with Crippen LogP contribution in [0.15, 0.2) is 65.0 Å². The molecular formula is C25H29N3O4S2. The lowest BCUT2D eigenvalue weighted by Crippen LogP contribution is -2.48. The average molecular weight is 500 g/mol. The number of hydrogen-bond donors (Lipinski definition) is 0. The third kappa shape index (κ3) is 4.93. The summed E-state index contributed by atoms with van der Waals surface area (Å²) in [4.78, 5) is 18.0. The molecule has 0 saturated carbocycles. The van der Waals surface area contributed by atoms with Crippen LogP contribution in [-0.4, -0.2) is 48.5 Å². The molecule has 1 saturated heterocycles. The van der Waals surface area contributed by atoms with Crippen LogP contribution in [0.1, 0.15) is 36.7 Å². The van der Waals surface area contributed by atoms with Crippen molar-refractivity contribution in [3.63, 3.8) is 0 Å². The molecule has 2 aromatic carbocycles. The molecule has 0 N–H and O–H groups in total. The first-order valence-corrected chi connectivity index (χ1v) is 13.6. The topological polar surface area (TPSA) is 81.0 Å². The van der Waals surface area contributed by atoms with E-state index < -0.39 is 15.9 Å². The summed E-state index contributed by atoms with van der Waals surface area (Å²) in [5.41, 5.74) is 2.56. The van der Waals surface area contributed by atoms with Crippen molar-refractivity contribution in [3.8, 4) is 0 Å². The molecule has 7 nitrogen and oxygen atoms in total. The zero-order valence-electron chi connectivity index (χ0n) is 19.6. The van der Waals surface area contributed by atoms with E-state index in [-0.39, 0.29) is 17.1 Å². The SMILES string of the molecule is C=CCn1c(=NC(=O)c2ccc(S(=O)(=O)N3CC(C)OC(C)C3)cc2)sc2cc(CC)ccc21. The molecule has 1 amide bonds. The van der Waals surface area contributed by atoms with Crippen LogP contribution in [-0.2, 0) is 27.7 Å². The smallest absolute Gasteiger partial charge is 0.279 e. The number of rotatable bonds is 6. The number of ether oxygens (including phenoxy) is 1. The molecule has 0 spiro atoms. The zero-order chi connectivity index (χ0) is 24.5. The first-order chi connectivity index (χ1) is 16.2. The molecule has 34 heavy (non-hydrogen) atoms. The van der Waals surface area contributed by atoms with E-state index in [1.54, 1.807) is 6.08 Å². The third-order valence-corrected chi connectivity index (χ3v) is 8.68. The molecule has 1 aromatic heterocycles. The summed E-state index contributed by atoms with van der Waals surface area (Å²) in [6.07, 6.45) is 2.36. The molecule has 1 aliphatic heterocycles. The zero-order valence-corrected chi connectivity index (χ0v) is 21.2. The number of nitrogens with zero attached hydrogens (tertiary/aromatic N) is 3. The third-order valence-electron chi connectivity index (χ3n) is 5.79. The minimum Gasteiger partial charge on any atom is -0.373 e. The highest BCUT2D eigenvalue weighted by Gasteiger charge is 2.32. The fourth-order valence-corrected chi connectivity index (χ4v) is 6.82. The Bertz CT molecular complexity index is 1380. The second kappa shape index (κ2) is 9.95. The van der Waals surface area contributed by atoms with Gasteiger partial charge in [0.25, 0.3) is 5.91 Å². The molecule has 2 heterocycles. The predicted molar refractivity (Wildman–Crippen MR) is 134 cm³/mol. The summed E-state index contributed by atoms with van der Waals surface area (Å²) in [7, 11) is -3.67. The van der Waals surface area contributed by atoms with E-state index >= 15 is 0 Å². The van der Waals surface area contributed by atoms with Gasteiger partial charge in [0.1, 0.15) is 0 Å². The number of fused-ring (bicyclic) bond motifs is 1. The van der Waals surface area contributed by atoms with Gasteiger partial charge in [0, 0.05) is 25.2 Å². The van der Waals surface area contributed by atoms with Crippen molar-refractivity contribution in [2.24, 2.45) is 4.99 Å². The van der Waals surface area contributed by atoms with Crippen molar-refractivity contribution in [1.82, 2.24) is 8.87 Å².